The Hall–Kier alpha value is -0.710. The van der Waals surface area contributed by atoms with Gasteiger partial charge in [0.1, 0.15) is 0 Å². The normalized spacial score (nSPS) is 11.9. The third kappa shape index (κ3) is 9.33. The van der Waals surface area contributed by atoms with E-state index in [9.17, 15) is 9.59 Å². The van der Waals surface area contributed by atoms with Crippen LogP contribution in [0.25, 0.3) is 0 Å². The Morgan fingerprint density at radius 1 is 1.28 bits per heavy atom. The number of ether oxygens (including phenoxy) is 1. The molecule has 1 atom stereocenters. The van der Waals surface area contributed by atoms with Crippen molar-refractivity contribution in [2.45, 2.75) is 51.2 Å². The molecule has 0 rings (SSSR count). The van der Waals surface area contributed by atoms with Crippen molar-refractivity contribution in [1.29, 1.82) is 0 Å². The number of carbonyl (C=O) groups is 2. The lowest BCUT2D eigenvalue weighted by Crippen LogP contribution is -2.32. The molecule has 18 heavy (non-hydrogen) atoms. The Bertz CT molecular complexity index is 246. The molecular formula is C13H25NO3S. The Balaban J connectivity index is 3.54. The van der Waals surface area contributed by atoms with Gasteiger partial charge in [-0.3, -0.25) is 9.59 Å². The van der Waals surface area contributed by atoms with Crippen molar-refractivity contribution in [3.63, 3.8) is 0 Å². The number of esters is 1. The fourth-order valence-corrected chi connectivity index (χ4v) is 2.36. The first kappa shape index (κ1) is 17.3. The van der Waals surface area contributed by atoms with Gasteiger partial charge in [0.15, 0.2) is 0 Å². The van der Waals surface area contributed by atoms with E-state index in [0.29, 0.717) is 6.54 Å². The lowest BCUT2D eigenvalue weighted by atomic mass is 10.2. The van der Waals surface area contributed by atoms with Gasteiger partial charge in [0, 0.05) is 6.54 Å². The van der Waals surface area contributed by atoms with Crippen LogP contribution in [-0.4, -0.2) is 36.5 Å². The first-order valence-corrected chi connectivity index (χ1v) is 7.62. The summed E-state index contributed by atoms with van der Waals surface area (Å²) in [5.74, 6) is 0.723. The molecule has 0 saturated heterocycles. The highest BCUT2D eigenvalue weighted by atomic mass is 32.2. The fraction of sp³-hybridized carbons (Fsp3) is 0.846. The topological polar surface area (TPSA) is 55.4 Å². The van der Waals surface area contributed by atoms with Crippen molar-refractivity contribution < 1.29 is 14.3 Å². The highest BCUT2D eigenvalue weighted by Crippen LogP contribution is 2.13. The van der Waals surface area contributed by atoms with Gasteiger partial charge in [-0.1, -0.05) is 26.2 Å². The number of hydrogen-bond acceptors (Lipinski definition) is 4. The second-order valence-electron chi connectivity index (χ2n) is 4.19. The molecule has 0 aromatic rings. The lowest BCUT2D eigenvalue weighted by Gasteiger charge is -2.11. The quantitative estimate of drug-likeness (QED) is 0.491. The standard InChI is InChI=1S/C13H25NO3S/c1-4-5-6-7-10-18-11(2)13(16)14-9-8-12(15)17-3/h11H,4-10H2,1-3H3,(H,14,16). The van der Waals surface area contributed by atoms with Crippen molar-refractivity contribution >= 4 is 23.6 Å². The maximum absolute atomic E-state index is 11.6. The van der Waals surface area contributed by atoms with Gasteiger partial charge < -0.3 is 10.1 Å². The highest BCUT2D eigenvalue weighted by Gasteiger charge is 2.12. The van der Waals surface area contributed by atoms with E-state index in [1.54, 1.807) is 11.8 Å². The smallest absolute Gasteiger partial charge is 0.307 e. The molecule has 1 unspecified atom stereocenters. The summed E-state index contributed by atoms with van der Waals surface area (Å²) in [6.45, 7) is 4.44. The van der Waals surface area contributed by atoms with Crippen LogP contribution in [0.4, 0.5) is 0 Å². The van der Waals surface area contributed by atoms with Gasteiger partial charge in [-0.15, -0.1) is 11.8 Å². The van der Waals surface area contributed by atoms with Gasteiger partial charge in [0.05, 0.1) is 18.8 Å². The van der Waals surface area contributed by atoms with E-state index >= 15 is 0 Å². The van der Waals surface area contributed by atoms with Crippen LogP contribution in [0.1, 0.15) is 46.0 Å². The molecule has 0 fully saturated rings. The maximum Gasteiger partial charge on any atom is 0.307 e. The SMILES string of the molecule is CCCCCCSC(C)C(=O)NCCC(=O)OC. The molecule has 0 aliphatic carbocycles. The van der Waals surface area contributed by atoms with E-state index in [2.05, 4.69) is 17.0 Å². The molecule has 1 N–H and O–H groups in total. The minimum atomic E-state index is -0.296. The molecule has 5 heteroatoms. The van der Waals surface area contributed by atoms with E-state index in [0.717, 1.165) is 12.2 Å². The fourth-order valence-electron chi connectivity index (χ4n) is 1.40. The summed E-state index contributed by atoms with van der Waals surface area (Å²) in [5.41, 5.74) is 0. The Kier molecular flexibility index (Phi) is 10.9. The van der Waals surface area contributed by atoms with Crippen LogP contribution < -0.4 is 5.32 Å². The minimum absolute atomic E-state index is 0.000561. The van der Waals surface area contributed by atoms with Gasteiger partial charge in [-0.25, -0.2) is 0 Å². The molecule has 0 aromatic heterocycles. The largest absolute Gasteiger partial charge is 0.469 e. The van der Waals surface area contributed by atoms with Crippen LogP contribution in [0.5, 0.6) is 0 Å². The van der Waals surface area contributed by atoms with Crippen LogP contribution in [-0.2, 0) is 14.3 Å². The molecular weight excluding hydrogens is 250 g/mol. The zero-order chi connectivity index (χ0) is 13.8. The van der Waals surface area contributed by atoms with Gasteiger partial charge in [0.25, 0.3) is 0 Å². The Morgan fingerprint density at radius 3 is 2.61 bits per heavy atom. The Labute approximate surface area is 114 Å². The number of amides is 1. The van der Waals surface area contributed by atoms with Gasteiger partial charge in [-0.05, 0) is 19.1 Å². The summed E-state index contributed by atoms with van der Waals surface area (Å²) in [4.78, 5) is 22.5. The zero-order valence-electron chi connectivity index (χ0n) is 11.7. The highest BCUT2D eigenvalue weighted by molar-refractivity contribution is 8.00. The van der Waals surface area contributed by atoms with Crippen molar-refractivity contribution in [2.24, 2.45) is 0 Å². The minimum Gasteiger partial charge on any atom is -0.469 e. The van der Waals surface area contributed by atoms with Crippen LogP contribution >= 0.6 is 11.8 Å². The summed E-state index contributed by atoms with van der Waals surface area (Å²) in [5, 5.41) is 2.69. The molecule has 0 spiro atoms. The number of thioether (sulfide) groups is 1. The molecule has 0 aromatic carbocycles. The molecule has 0 aliphatic rings. The molecule has 0 heterocycles. The van der Waals surface area contributed by atoms with Crippen LogP contribution in [0, 0.1) is 0 Å². The number of unbranched alkanes of at least 4 members (excludes halogenated alkanes) is 3. The molecule has 0 bridgehead atoms. The summed E-state index contributed by atoms with van der Waals surface area (Å²) in [6, 6.07) is 0. The third-order valence-electron chi connectivity index (χ3n) is 2.59. The van der Waals surface area contributed by atoms with Crippen molar-refractivity contribution in [2.75, 3.05) is 19.4 Å². The monoisotopic (exact) mass is 275 g/mol. The molecule has 0 aliphatic heterocycles. The van der Waals surface area contributed by atoms with Crippen molar-refractivity contribution in [1.82, 2.24) is 5.32 Å². The maximum atomic E-state index is 11.6. The molecule has 4 nitrogen and oxygen atoms in total. The number of hydrogen-bond donors (Lipinski definition) is 1. The third-order valence-corrected chi connectivity index (χ3v) is 3.83. The van der Waals surface area contributed by atoms with Crippen molar-refractivity contribution in [3.05, 3.63) is 0 Å². The number of carbonyl (C=O) groups excluding carboxylic acids is 2. The summed E-state index contributed by atoms with van der Waals surface area (Å²) in [7, 11) is 1.35. The molecule has 106 valence electrons. The average Bonchev–Trinajstić information content (AvgIpc) is 2.37. The van der Waals surface area contributed by atoms with E-state index in [1.165, 1.54) is 26.4 Å². The van der Waals surface area contributed by atoms with E-state index < -0.39 is 0 Å². The average molecular weight is 275 g/mol. The van der Waals surface area contributed by atoms with Crippen LogP contribution in [0.15, 0.2) is 0 Å². The van der Waals surface area contributed by atoms with Gasteiger partial charge in [0.2, 0.25) is 5.91 Å². The predicted octanol–water partition coefficient (Wildman–Crippen LogP) is 2.37. The van der Waals surface area contributed by atoms with E-state index in [1.807, 2.05) is 6.92 Å². The summed E-state index contributed by atoms with van der Waals surface area (Å²) in [6.07, 6.45) is 5.13. The zero-order valence-corrected chi connectivity index (χ0v) is 12.5. The second kappa shape index (κ2) is 11.4. The summed E-state index contributed by atoms with van der Waals surface area (Å²) >= 11 is 1.67. The first-order chi connectivity index (χ1) is 8.61. The van der Waals surface area contributed by atoms with E-state index in [-0.39, 0.29) is 23.5 Å². The van der Waals surface area contributed by atoms with Gasteiger partial charge in [-0.2, -0.15) is 0 Å². The first-order valence-electron chi connectivity index (χ1n) is 6.58. The molecule has 0 saturated carbocycles. The number of methoxy groups -OCH3 is 1. The Morgan fingerprint density at radius 2 is 2.00 bits per heavy atom. The van der Waals surface area contributed by atoms with Gasteiger partial charge >= 0.3 is 5.97 Å². The van der Waals surface area contributed by atoms with Crippen LogP contribution in [0.2, 0.25) is 0 Å². The molecule has 1 amide bonds. The second-order valence-corrected chi connectivity index (χ2v) is 5.64. The number of rotatable bonds is 10. The summed E-state index contributed by atoms with van der Waals surface area (Å²) < 4.78 is 4.50. The predicted molar refractivity (Wildman–Crippen MR) is 75.7 cm³/mol. The van der Waals surface area contributed by atoms with Crippen LogP contribution in [0.3, 0.4) is 0 Å². The van der Waals surface area contributed by atoms with E-state index in [4.69, 9.17) is 0 Å². The number of nitrogens with one attached hydrogen (secondary N) is 1. The lowest BCUT2D eigenvalue weighted by molar-refractivity contribution is -0.140. The van der Waals surface area contributed by atoms with Crippen molar-refractivity contribution in [3.8, 4) is 0 Å². The molecule has 0 radical (unpaired) electrons.